The molecule has 0 aliphatic heterocycles. The normalized spacial score (nSPS) is 10.6. The van der Waals surface area contributed by atoms with Gasteiger partial charge < -0.3 is 9.84 Å². The predicted octanol–water partition coefficient (Wildman–Crippen LogP) is 1.95. The quantitative estimate of drug-likeness (QED) is 0.502. The van der Waals surface area contributed by atoms with E-state index in [1.807, 2.05) is 0 Å². The van der Waals surface area contributed by atoms with Gasteiger partial charge in [-0.1, -0.05) is 20.1 Å². The molecule has 0 saturated carbocycles. The number of carbonyl (C=O) groups excluding carboxylic acids is 1. The van der Waals surface area contributed by atoms with Crippen molar-refractivity contribution in [2.24, 2.45) is 0 Å². The number of carbonyl (C=O) groups is 1. The Bertz CT molecular complexity index is 390. The van der Waals surface area contributed by atoms with E-state index in [4.69, 9.17) is 5.11 Å². The van der Waals surface area contributed by atoms with Gasteiger partial charge in [-0.05, 0) is 13.0 Å². The van der Waals surface area contributed by atoms with E-state index in [1.165, 1.54) is 6.92 Å². The molecule has 0 fully saturated rings. The third-order valence-corrected chi connectivity index (χ3v) is 1.73. The number of nitrogens with zero attached hydrogens (tertiary/aromatic N) is 2. The maximum atomic E-state index is 10.6. The van der Waals surface area contributed by atoms with Crippen LogP contribution in [0.25, 0.3) is 6.08 Å². The minimum atomic E-state index is -0.996. The van der Waals surface area contributed by atoms with Gasteiger partial charge in [0.15, 0.2) is 0 Å². The van der Waals surface area contributed by atoms with Crippen LogP contribution in [-0.4, -0.2) is 27.3 Å². The summed E-state index contributed by atoms with van der Waals surface area (Å²) in [6, 6.07) is 0. The first-order valence-corrected chi connectivity index (χ1v) is 5.44. The first-order chi connectivity index (χ1) is 8.51. The highest BCUT2D eigenvalue weighted by Gasteiger charge is 2.08. The Balaban J connectivity index is 0.000000327. The lowest BCUT2D eigenvalue weighted by Crippen LogP contribution is -2.16. The van der Waals surface area contributed by atoms with Crippen LogP contribution in [0.1, 0.15) is 26.0 Å². The van der Waals surface area contributed by atoms with Gasteiger partial charge in [-0.25, -0.2) is 4.79 Å². The van der Waals surface area contributed by atoms with Crippen molar-refractivity contribution in [1.29, 1.82) is 0 Å². The maximum Gasteiger partial charge on any atom is 0.335 e. The van der Waals surface area contributed by atoms with Gasteiger partial charge in [-0.2, -0.15) is 0 Å². The topological polar surface area (TPSA) is 72.3 Å². The molecule has 1 heterocycles. The van der Waals surface area contributed by atoms with Crippen LogP contribution in [0, 0.1) is 0 Å². The van der Waals surface area contributed by atoms with Gasteiger partial charge in [0.2, 0.25) is 6.29 Å². The van der Waals surface area contributed by atoms with Crippen LogP contribution in [0.5, 0.6) is 0 Å². The largest absolute Gasteiger partial charge is 0.433 e. The Hall–Kier alpha value is -2.01. The van der Waals surface area contributed by atoms with E-state index in [0.717, 1.165) is 5.69 Å². The molecule has 1 rings (SSSR count). The van der Waals surface area contributed by atoms with Crippen molar-refractivity contribution in [1.82, 2.24) is 9.97 Å². The van der Waals surface area contributed by atoms with Gasteiger partial charge in [-0.15, -0.1) is 0 Å². The summed E-state index contributed by atoms with van der Waals surface area (Å²) in [6.07, 6.45) is 5.99. The number of aliphatic hydroxyl groups is 1. The van der Waals surface area contributed by atoms with Gasteiger partial charge in [0, 0.05) is 24.4 Å². The number of rotatable bonds is 4. The summed E-state index contributed by atoms with van der Waals surface area (Å²) < 4.78 is 4.48. The summed E-state index contributed by atoms with van der Waals surface area (Å²) in [4.78, 5) is 18.4. The molecule has 1 unspecified atom stereocenters. The van der Waals surface area contributed by atoms with Crippen LogP contribution in [-0.2, 0) is 9.53 Å². The molecular formula is C13H18N2O3. The van der Waals surface area contributed by atoms with Crippen molar-refractivity contribution < 1.29 is 14.6 Å². The van der Waals surface area contributed by atoms with Crippen LogP contribution in [0.15, 0.2) is 37.3 Å². The fourth-order valence-corrected chi connectivity index (χ4v) is 0.724. The van der Waals surface area contributed by atoms with E-state index in [1.54, 1.807) is 31.6 Å². The van der Waals surface area contributed by atoms with E-state index in [-0.39, 0.29) is 0 Å². The Morgan fingerprint density at radius 2 is 2.28 bits per heavy atom. The number of aromatic nitrogens is 2. The minimum Gasteiger partial charge on any atom is -0.433 e. The number of ether oxygens (including phenoxy) is 1. The zero-order valence-electron chi connectivity index (χ0n) is 10.7. The lowest BCUT2D eigenvalue weighted by atomic mass is 10.3. The molecule has 1 N–H and O–H groups in total. The van der Waals surface area contributed by atoms with Gasteiger partial charge in [0.1, 0.15) is 0 Å². The SMILES string of the molecule is C=C(C)C(=O)OC(O)CC.C=Cc1cnccn1. The monoisotopic (exact) mass is 250 g/mol. The first-order valence-electron chi connectivity index (χ1n) is 5.44. The lowest BCUT2D eigenvalue weighted by molar-refractivity contribution is -0.162. The summed E-state index contributed by atoms with van der Waals surface area (Å²) >= 11 is 0. The fourth-order valence-electron chi connectivity index (χ4n) is 0.724. The Morgan fingerprint density at radius 3 is 2.61 bits per heavy atom. The summed E-state index contributed by atoms with van der Waals surface area (Å²) in [6.45, 7) is 10.1. The van der Waals surface area contributed by atoms with E-state index in [9.17, 15) is 4.79 Å². The maximum absolute atomic E-state index is 10.6. The van der Waals surface area contributed by atoms with Crippen molar-refractivity contribution in [2.45, 2.75) is 26.6 Å². The summed E-state index contributed by atoms with van der Waals surface area (Å²) in [5.74, 6) is -0.547. The smallest absolute Gasteiger partial charge is 0.335 e. The van der Waals surface area contributed by atoms with Gasteiger partial charge >= 0.3 is 5.97 Å². The van der Waals surface area contributed by atoms with Crippen LogP contribution in [0.4, 0.5) is 0 Å². The number of esters is 1. The highest BCUT2D eigenvalue weighted by Crippen LogP contribution is 1.98. The molecule has 0 amide bonds. The van der Waals surface area contributed by atoms with E-state index in [0.29, 0.717) is 12.0 Å². The molecule has 5 heteroatoms. The van der Waals surface area contributed by atoms with Gasteiger partial charge in [0.05, 0.1) is 11.9 Å². The van der Waals surface area contributed by atoms with Crippen LogP contribution in [0.3, 0.4) is 0 Å². The summed E-state index contributed by atoms with van der Waals surface area (Å²) in [5.41, 5.74) is 1.11. The average molecular weight is 250 g/mol. The number of hydrogen-bond acceptors (Lipinski definition) is 5. The molecule has 98 valence electrons. The van der Waals surface area contributed by atoms with Crippen molar-refractivity contribution >= 4 is 12.0 Å². The molecule has 0 bridgehead atoms. The van der Waals surface area contributed by atoms with E-state index in [2.05, 4.69) is 27.9 Å². The predicted molar refractivity (Wildman–Crippen MR) is 69.3 cm³/mol. The van der Waals surface area contributed by atoms with Crippen LogP contribution in [0.2, 0.25) is 0 Å². The first kappa shape index (κ1) is 16.0. The molecular weight excluding hydrogens is 232 g/mol. The lowest BCUT2D eigenvalue weighted by Gasteiger charge is -2.08. The minimum absolute atomic E-state index is 0.299. The standard InChI is InChI=1S/C7H12O3.C6H6N2/c1-4-6(8)10-7(9)5(2)3;1-2-6-5-7-3-4-8-6/h6,8H,2,4H2,1,3H3;2-5H,1H2. The molecule has 0 aliphatic rings. The molecule has 0 radical (unpaired) electrons. The van der Waals surface area contributed by atoms with Crippen molar-refractivity contribution in [3.63, 3.8) is 0 Å². The van der Waals surface area contributed by atoms with Gasteiger partial charge in [0.25, 0.3) is 0 Å². The average Bonchev–Trinajstić information content (AvgIpc) is 2.40. The van der Waals surface area contributed by atoms with Gasteiger partial charge in [-0.3, -0.25) is 9.97 Å². The van der Waals surface area contributed by atoms with Crippen molar-refractivity contribution in [2.75, 3.05) is 0 Å². The molecule has 1 aromatic rings. The molecule has 0 spiro atoms. The molecule has 5 nitrogen and oxygen atoms in total. The Morgan fingerprint density at radius 1 is 1.61 bits per heavy atom. The van der Waals surface area contributed by atoms with Crippen LogP contribution < -0.4 is 0 Å². The van der Waals surface area contributed by atoms with Crippen LogP contribution >= 0.6 is 0 Å². The van der Waals surface area contributed by atoms with Crippen molar-refractivity contribution in [3.05, 3.63) is 43.0 Å². The molecule has 0 saturated heterocycles. The third-order valence-electron chi connectivity index (χ3n) is 1.73. The summed E-state index contributed by atoms with van der Waals surface area (Å²) in [7, 11) is 0. The molecule has 18 heavy (non-hydrogen) atoms. The zero-order chi connectivity index (χ0) is 14.0. The number of hydrogen-bond donors (Lipinski definition) is 1. The molecule has 1 aromatic heterocycles. The molecule has 0 aliphatic carbocycles. The molecule has 0 aromatic carbocycles. The fraction of sp³-hybridized carbons (Fsp3) is 0.308. The summed E-state index contributed by atoms with van der Waals surface area (Å²) in [5, 5.41) is 8.79. The zero-order valence-corrected chi connectivity index (χ0v) is 10.7. The highest BCUT2D eigenvalue weighted by molar-refractivity contribution is 5.86. The second-order valence-electron chi connectivity index (χ2n) is 3.38. The van der Waals surface area contributed by atoms with Crippen molar-refractivity contribution in [3.8, 4) is 0 Å². The highest BCUT2D eigenvalue weighted by atomic mass is 16.6. The Labute approximate surface area is 107 Å². The van der Waals surface area contributed by atoms with E-state index < -0.39 is 12.3 Å². The van der Waals surface area contributed by atoms with E-state index >= 15 is 0 Å². The Kier molecular flexibility index (Phi) is 8.05. The number of aliphatic hydroxyl groups excluding tert-OH is 1. The second kappa shape index (κ2) is 9.07. The second-order valence-corrected chi connectivity index (χ2v) is 3.38. The third kappa shape index (κ3) is 7.29. The molecule has 1 atom stereocenters.